The largest absolute Gasteiger partial charge is 0.495 e. The van der Waals surface area contributed by atoms with Gasteiger partial charge in [0.05, 0.1) is 19.2 Å². The number of hydrogen-bond acceptors (Lipinski definition) is 4. The molecule has 0 aliphatic carbocycles. The van der Waals surface area contributed by atoms with Crippen molar-refractivity contribution in [3.8, 4) is 5.75 Å². The van der Waals surface area contributed by atoms with Crippen molar-refractivity contribution in [1.29, 1.82) is 0 Å². The standard InChI is InChI=1S/C28H27Cl2N3O5/c1-38-25-9-5-4-8-24(25)31-27(36)22-7-3-2-6-19(22)16-32-14-18(12-26(34)35)15-33(28(32)37)17-20-10-11-21(29)13-23(20)30/h2-11,13,18H,12,14-17H2,1H3,(H,31,36)(H,34,35). The highest BCUT2D eigenvalue weighted by atomic mass is 35.5. The molecule has 38 heavy (non-hydrogen) atoms. The Morgan fingerprint density at radius 2 is 1.63 bits per heavy atom. The molecule has 0 aromatic heterocycles. The number of urea groups is 1. The summed E-state index contributed by atoms with van der Waals surface area (Å²) in [5.41, 5.74) is 2.26. The van der Waals surface area contributed by atoms with E-state index in [-0.39, 0.29) is 50.5 Å². The van der Waals surface area contributed by atoms with Gasteiger partial charge in [0.25, 0.3) is 5.91 Å². The van der Waals surface area contributed by atoms with E-state index < -0.39 is 5.97 Å². The minimum absolute atomic E-state index is 0.0927. The molecule has 1 fully saturated rings. The first kappa shape index (κ1) is 27.3. The van der Waals surface area contributed by atoms with Gasteiger partial charge in [-0.15, -0.1) is 0 Å². The zero-order valence-electron chi connectivity index (χ0n) is 20.7. The number of nitrogens with zero attached hydrogens (tertiary/aromatic N) is 2. The van der Waals surface area contributed by atoms with Crippen LogP contribution in [0.25, 0.3) is 0 Å². The molecule has 10 heteroatoms. The summed E-state index contributed by atoms with van der Waals surface area (Å²) >= 11 is 12.4. The van der Waals surface area contributed by atoms with Crippen LogP contribution in [0, 0.1) is 5.92 Å². The molecule has 0 saturated carbocycles. The molecule has 3 aromatic rings. The third kappa shape index (κ3) is 6.57. The number of halogens is 2. The summed E-state index contributed by atoms with van der Waals surface area (Å²) < 4.78 is 5.33. The minimum Gasteiger partial charge on any atom is -0.495 e. The first-order chi connectivity index (χ1) is 18.2. The van der Waals surface area contributed by atoms with Crippen molar-refractivity contribution in [3.05, 3.63) is 93.5 Å². The number of ether oxygens (including phenoxy) is 1. The Morgan fingerprint density at radius 1 is 0.974 bits per heavy atom. The Hall–Kier alpha value is -3.75. The summed E-state index contributed by atoms with van der Waals surface area (Å²) in [6, 6.07) is 18.9. The topological polar surface area (TPSA) is 99.2 Å². The van der Waals surface area contributed by atoms with Crippen LogP contribution in [0.1, 0.15) is 27.9 Å². The molecule has 1 aliphatic heterocycles. The summed E-state index contributed by atoms with van der Waals surface area (Å²) in [5.74, 6) is -1.06. The molecular weight excluding hydrogens is 529 g/mol. The number of methoxy groups -OCH3 is 1. The molecule has 1 heterocycles. The maximum Gasteiger partial charge on any atom is 0.320 e. The number of carbonyl (C=O) groups is 3. The fourth-order valence-corrected chi connectivity index (χ4v) is 5.02. The zero-order chi connectivity index (χ0) is 27.2. The number of nitrogens with one attached hydrogen (secondary N) is 1. The van der Waals surface area contributed by atoms with Crippen LogP contribution in [0.15, 0.2) is 66.7 Å². The van der Waals surface area contributed by atoms with E-state index in [0.717, 1.165) is 0 Å². The van der Waals surface area contributed by atoms with E-state index in [4.69, 9.17) is 27.9 Å². The molecule has 4 rings (SSSR count). The Balaban J connectivity index is 1.57. The third-order valence-corrected chi connectivity index (χ3v) is 6.90. The van der Waals surface area contributed by atoms with Crippen LogP contribution in [0.5, 0.6) is 5.75 Å². The van der Waals surface area contributed by atoms with Crippen LogP contribution in [0.2, 0.25) is 10.0 Å². The quantitative estimate of drug-likeness (QED) is 0.348. The van der Waals surface area contributed by atoms with Crippen molar-refractivity contribution in [2.45, 2.75) is 19.5 Å². The van der Waals surface area contributed by atoms with Crippen molar-refractivity contribution < 1.29 is 24.2 Å². The normalized spacial score (nSPS) is 15.3. The van der Waals surface area contributed by atoms with Crippen LogP contribution in [0.4, 0.5) is 10.5 Å². The maximum absolute atomic E-state index is 13.5. The van der Waals surface area contributed by atoms with Gasteiger partial charge < -0.3 is 25.0 Å². The second-order valence-corrected chi connectivity index (χ2v) is 9.90. The fraction of sp³-hybridized carbons (Fsp3) is 0.250. The number of amides is 3. The van der Waals surface area contributed by atoms with Gasteiger partial charge in [0, 0.05) is 47.7 Å². The molecule has 3 aromatic carbocycles. The van der Waals surface area contributed by atoms with Crippen LogP contribution in [0.3, 0.4) is 0 Å². The number of carbonyl (C=O) groups excluding carboxylic acids is 2. The fourth-order valence-electron chi connectivity index (χ4n) is 4.56. The van der Waals surface area contributed by atoms with Gasteiger partial charge in [0.2, 0.25) is 0 Å². The lowest BCUT2D eigenvalue weighted by Gasteiger charge is -2.40. The third-order valence-electron chi connectivity index (χ3n) is 6.32. The monoisotopic (exact) mass is 555 g/mol. The van der Waals surface area contributed by atoms with Crippen molar-refractivity contribution in [1.82, 2.24) is 9.80 Å². The second kappa shape index (κ2) is 12.2. The molecule has 198 valence electrons. The summed E-state index contributed by atoms with van der Waals surface area (Å²) in [6.45, 7) is 0.863. The van der Waals surface area contributed by atoms with E-state index in [1.54, 1.807) is 76.5 Å². The molecule has 0 radical (unpaired) electrons. The number of rotatable bonds is 9. The Morgan fingerprint density at radius 3 is 2.32 bits per heavy atom. The van der Waals surface area contributed by atoms with Gasteiger partial charge in [-0.05, 0) is 41.5 Å². The van der Waals surface area contributed by atoms with Gasteiger partial charge in [0.15, 0.2) is 0 Å². The summed E-state index contributed by atoms with van der Waals surface area (Å²) in [4.78, 5) is 41.4. The lowest BCUT2D eigenvalue weighted by Crippen LogP contribution is -2.53. The number of carboxylic acid groups (broad SMARTS) is 1. The highest BCUT2D eigenvalue weighted by molar-refractivity contribution is 6.35. The molecular formula is C28H27Cl2N3O5. The molecule has 0 spiro atoms. The number of anilines is 1. The van der Waals surface area contributed by atoms with E-state index in [1.807, 2.05) is 0 Å². The van der Waals surface area contributed by atoms with Gasteiger partial charge in [-0.3, -0.25) is 9.59 Å². The number of para-hydroxylation sites is 2. The van der Waals surface area contributed by atoms with Crippen LogP contribution >= 0.6 is 23.2 Å². The van der Waals surface area contributed by atoms with Gasteiger partial charge in [-0.1, -0.05) is 59.6 Å². The highest BCUT2D eigenvalue weighted by Crippen LogP contribution is 2.28. The SMILES string of the molecule is COc1ccccc1NC(=O)c1ccccc1CN1CC(CC(=O)O)CN(Cc2ccc(Cl)cc2Cl)C1=O. The van der Waals surface area contributed by atoms with E-state index >= 15 is 0 Å². The Kier molecular flexibility index (Phi) is 8.76. The lowest BCUT2D eigenvalue weighted by molar-refractivity contribution is -0.138. The summed E-state index contributed by atoms with van der Waals surface area (Å²) in [7, 11) is 1.53. The molecule has 1 saturated heterocycles. The first-order valence-corrected chi connectivity index (χ1v) is 12.7. The highest BCUT2D eigenvalue weighted by Gasteiger charge is 2.33. The average molecular weight is 556 g/mol. The second-order valence-electron chi connectivity index (χ2n) is 9.05. The molecule has 1 unspecified atom stereocenters. The van der Waals surface area contributed by atoms with E-state index in [2.05, 4.69) is 5.32 Å². The number of benzene rings is 3. The van der Waals surface area contributed by atoms with Crippen molar-refractivity contribution in [2.24, 2.45) is 5.92 Å². The number of carboxylic acids is 1. The minimum atomic E-state index is -0.939. The van der Waals surface area contributed by atoms with Crippen LogP contribution in [-0.4, -0.2) is 53.0 Å². The van der Waals surface area contributed by atoms with Crippen molar-refractivity contribution in [3.63, 3.8) is 0 Å². The van der Waals surface area contributed by atoms with Gasteiger partial charge in [-0.25, -0.2) is 4.79 Å². The van der Waals surface area contributed by atoms with Crippen molar-refractivity contribution >= 4 is 46.8 Å². The van der Waals surface area contributed by atoms with Crippen molar-refractivity contribution in [2.75, 3.05) is 25.5 Å². The van der Waals surface area contributed by atoms with E-state index in [1.165, 1.54) is 7.11 Å². The first-order valence-electron chi connectivity index (χ1n) is 12.0. The summed E-state index contributed by atoms with van der Waals surface area (Å²) in [5, 5.41) is 13.2. The van der Waals surface area contributed by atoms with Crippen LogP contribution in [-0.2, 0) is 17.9 Å². The van der Waals surface area contributed by atoms with E-state index in [9.17, 15) is 19.5 Å². The molecule has 3 amide bonds. The Bertz CT molecular complexity index is 1350. The number of hydrogen-bond donors (Lipinski definition) is 2. The predicted octanol–water partition coefficient (Wildman–Crippen LogP) is 5.78. The lowest BCUT2D eigenvalue weighted by atomic mass is 9.99. The molecule has 0 bridgehead atoms. The molecule has 2 N–H and O–H groups in total. The summed E-state index contributed by atoms with van der Waals surface area (Å²) in [6.07, 6.45) is -0.0927. The van der Waals surface area contributed by atoms with Gasteiger partial charge >= 0.3 is 12.0 Å². The maximum atomic E-state index is 13.5. The molecule has 1 atom stereocenters. The Labute approximate surface area is 230 Å². The average Bonchev–Trinajstić information content (AvgIpc) is 2.88. The predicted molar refractivity (Wildman–Crippen MR) is 146 cm³/mol. The van der Waals surface area contributed by atoms with Gasteiger partial charge in [0.1, 0.15) is 5.75 Å². The molecule has 8 nitrogen and oxygen atoms in total. The van der Waals surface area contributed by atoms with Crippen LogP contribution < -0.4 is 10.1 Å². The smallest absolute Gasteiger partial charge is 0.320 e. The van der Waals surface area contributed by atoms with Gasteiger partial charge in [-0.2, -0.15) is 0 Å². The van der Waals surface area contributed by atoms with E-state index in [0.29, 0.717) is 38.2 Å². The zero-order valence-corrected chi connectivity index (χ0v) is 22.2. The molecule has 1 aliphatic rings. The number of aliphatic carboxylic acids is 1.